The molecular formula is C11H17BrN2O2. The summed E-state index contributed by atoms with van der Waals surface area (Å²) in [7, 11) is 5.82. The monoisotopic (exact) mass is 288 g/mol. The van der Waals surface area contributed by atoms with Gasteiger partial charge < -0.3 is 14.2 Å². The van der Waals surface area contributed by atoms with Crippen LogP contribution in [0, 0.1) is 0 Å². The van der Waals surface area contributed by atoms with E-state index in [-0.39, 0.29) is 5.91 Å². The first-order chi connectivity index (χ1) is 7.50. The van der Waals surface area contributed by atoms with Gasteiger partial charge in [-0.05, 0) is 55.1 Å². The number of hydrogen-bond donors (Lipinski definition) is 0. The second-order valence-corrected chi connectivity index (χ2v) is 4.77. The maximum Gasteiger partial charge on any atom is 0.289 e. The van der Waals surface area contributed by atoms with Crippen molar-refractivity contribution < 1.29 is 9.21 Å². The van der Waals surface area contributed by atoms with Gasteiger partial charge >= 0.3 is 0 Å². The number of hydrogen-bond acceptors (Lipinski definition) is 3. The fourth-order valence-corrected chi connectivity index (χ4v) is 1.65. The molecular weight excluding hydrogens is 272 g/mol. The standard InChI is InChI=1S/C11H17BrN2O2/c1-13(2)7-4-8-14(3)11(15)9-5-6-10(12)16-9/h5-6H,4,7-8H2,1-3H3. The molecule has 1 heterocycles. The predicted octanol–water partition coefficient (Wildman–Crippen LogP) is 2.07. The molecule has 1 rings (SSSR count). The molecule has 0 unspecified atom stereocenters. The van der Waals surface area contributed by atoms with E-state index in [2.05, 4.69) is 20.8 Å². The molecule has 90 valence electrons. The third-order valence-corrected chi connectivity index (χ3v) is 2.66. The van der Waals surface area contributed by atoms with Crippen LogP contribution in [0.4, 0.5) is 0 Å². The predicted molar refractivity (Wildman–Crippen MR) is 66.5 cm³/mol. The minimum atomic E-state index is -0.0792. The highest BCUT2D eigenvalue weighted by atomic mass is 79.9. The average molecular weight is 289 g/mol. The number of amides is 1. The zero-order valence-corrected chi connectivity index (χ0v) is 11.5. The SMILES string of the molecule is CN(C)CCCN(C)C(=O)c1ccc(Br)o1. The Morgan fingerprint density at radius 1 is 1.31 bits per heavy atom. The fraction of sp³-hybridized carbons (Fsp3) is 0.545. The van der Waals surface area contributed by atoms with Crippen LogP contribution in [0.15, 0.2) is 21.2 Å². The third kappa shape index (κ3) is 3.98. The van der Waals surface area contributed by atoms with Gasteiger partial charge in [0.15, 0.2) is 10.4 Å². The summed E-state index contributed by atoms with van der Waals surface area (Å²) in [6.45, 7) is 1.70. The number of halogens is 1. The zero-order valence-electron chi connectivity index (χ0n) is 9.86. The van der Waals surface area contributed by atoms with Crippen molar-refractivity contribution in [3.8, 4) is 0 Å². The molecule has 0 aliphatic rings. The summed E-state index contributed by atoms with van der Waals surface area (Å²) in [4.78, 5) is 15.6. The lowest BCUT2D eigenvalue weighted by atomic mass is 10.3. The van der Waals surface area contributed by atoms with Crippen LogP contribution in [0.2, 0.25) is 0 Å². The number of nitrogens with zero attached hydrogens (tertiary/aromatic N) is 2. The molecule has 1 amide bonds. The summed E-state index contributed by atoms with van der Waals surface area (Å²) >= 11 is 3.18. The molecule has 1 aromatic rings. The normalized spacial score (nSPS) is 10.8. The first kappa shape index (κ1) is 13.3. The topological polar surface area (TPSA) is 36.7 Å². The summed E-state index contributed by atoms with van der Waals surface area (Å²) in [5.74, 6) is 0.295. The summed E-state index contributed by atoms with van der Waals surface area (Å²) < 4.78 is 5.79. The van der Waals surface area contributed by atoms with Gasteiger partial charge in [0.1, 0.15) is 0 Å². The van der Waals surface area contributed by atoms with Crippen molar-refractivity contribution in [2.75, 3.05) is 34.2 Å². The van der Waals surface area contributed by atoms with Crippen LogP contribution in [0.3, 0.4) is 0 Å². The average Bonchev–Trinajstić information content (AvgIpc) is 2.63. The minimum Gasteiger partial charge on any atom is -0.444 e. The molecule has 0 fully saturated rings. The summed E-state index contributed by atoms with van der Waals surface area (Å²) in [6.07, 6.45) is 0.955. The van der Waals surface area contributed by atoms with E-state index in [1.807, 2.05) is 14.1 Å². The van der Waals surface area contributed by atoms with Crippen molar-refractivity contribution in [2.24, 2.45) is 0 Å². The maximum atomic E-state index is 11.8. The highest BCUT2D eigenvalue weighted by molar-refractivity contribution is 9.10. The molecule has 0 atom stereocenters. The third-order valence-electron chi connectivity index (χ3n) is 2.23. The lowest BCUT2D eigenvalue weighted by molar-refractivity contribution is 0.0758. The van der Waals surface area contributed by atoms with E-state index in [4.69, 9.17) is 4.42 Å². The highest BCUT2D eigenvalue weighted by Gasteiger charge is 2.14. The Morgan fingerprint density at radius 3 is 2.50 bits per heavy atom. The Hall–Kier alpha value is -0.810. The molecule has 0 aromatic carbocycles. The molecule has 0 N–H and O–H groups in total. The smallest absolute Gasteiger partial charge is 0.289 e. The molecule has 0 saturated heterocycles. The molecule has 1 aromatic heterocycles. The Labute approximate surface area is 104 Å². The van der Waals surface area contributed by atoms with E-state index in [0.717, 1.165) is 19.5 Å². The van der Waals surface area contributed by atoms with Crippen LogP contribution in [-0.2, 0) is 0 Å². The number of rotatable bonds is 5. The highest BCUT2D eigenvalue weighted by Crippen LogP contribution is 2.15. The van der Waals surface area contributed by atoms with Gasteiger partial charge in [0.2, 0.25) is 0 Å². The number of carbonyl (C=O) groups is 1. The van der Waals surface area contributed by atoms with Gasteiger partial charge in [0.25, 0.3) is 5.91 Å². The van der Waals surface area contributed by atoms with Gasteiger partial charge in [-0.25, -0.2) is 0 Å². The maximum absolute atomic E-state index is 11.8. The Kier molecular flexibility index (Phi) is 5.02. The molecule has 5 heteroatoms. The summed E-state index contributed by atoms with van der Waals surface area (Å²) in [5.41, 5.74) is 0. The van der Waals surface area contributed by atoms with Crippen LogP contribution in [0.5, 0.6) is 0 Å². The van der Waals surface area contributed by atoms with Gasteiger partial charge in [-0.1, -0.05) is 0 Å². The lowest BCUT2D eigenvalue weighted by Gasteiger charge is -2.17. The molecule has 16 heavy (non-hydrogen) atoms. The van der Waals surface area contributed by atoms with E-state index < -0.39 is 0 Å². The van der Waals surface area contributed by atoms with E-state index in [1.165, 1.54) is 0 Å². The Morgan fingerprint density at radius 2 is 2.00 bits per heavy atom. The second-order valence-electron chi connectivity index (χ2n) is 3.99. The molecule has 0 aliphatic carbocycles. The van der Waals surface area contributed by atoms with Crippen LogP contribution >= 0.6 is 15.9 Å². The van der Waals surface area contributed by atoms with Gasteiger partial charge in [-0.15, -0.1) is 0 Å². The largest absolute Gasteiger partial charge is 0.444 e. The van der Waals surface area contributed by atoms with E-state index in [9.17, 15) is 4.79 Å². The zero-order chi connectivity index (χ0) is 12.1. The van der Waals surface area contributed by atoms with Crippen molar-refractivity contribution in [1.82, 2.24) is 9.80 Å². The van der Waals surface area contributed by atoms with Gasteiger partial charge in [0.05, 0.1) is 0 Å². The Balaban J connectivity index is 2.42. The van der Waals surface area contributed by atoms with Crippen LogP contribution < -0.4 is 0 Å². The molecule has 4 nitrogen and oxygen atoms in total. The lowest BCUT2D eigenvalue weighted by Crippen LogP contribution is -2.29. The molecule has 0 radical (unpaired) electrons. The second kappa shape index (κ2) is 6.06. The molecule has 0 aliphatic heterocycles. The van der Waals surface area contributed by atoms with Crippen molar-refractivity contribution >= 4 is 21.8 Å². The Bertz CT molecular complexity index is 350. The van der Waals surface area contributed by atoms with Gasteiger partial charge in [-0.3, -0.25) is 4.79 Å². The van der Waals surface area contributed by atoms with Crippen LogP contribution in [0.25, 0.3) is 0 Å². The van der Waals surface area contributed by atoms with Crippen LogP contribution in [0.1, 0.15) is 17.0 Å². The number of furan rings is 1. The first-order valence-corrected chi connectivity index (χ1v) is 5.95. The van der Waals surface area contributed by atoms with E-state index >= 15 is 0 Å². The molecule has 0 saturated carbocycles. The first-order valence-electron chi connectivity index (χ1n) is 5.16. The van der Waals surface area contributed by atoms with Crippen molar-refractivity contribution in [2.45, 2.75) is 6.42 Å². The van der Waals surface area contributed by atoms with Gasteiger partial charge in [0, 0.05) is 13.6 Å². The minimum absolute atomic E-state index is 0.0792. The van der Waals surface area contributed by atoms with Crippen molar-refractivity contribution in [3.05, 3.63) is 22.6 Å². The van der Waals surface area contributed by atoms with Crippen molar-refractivity contribution in [1.29, 1.82) is 0 Å². The quantitative estimate of drug-likeness (QED) is 0.832. The molecule has 0 spiro atoms. The number of carbonyl (C=O) groups excluding carboxylic acids is 1. The van der Waals surface area contributed by atoms with Crippen molar-refractivity contribution in [3.63, 3.8) is 0 Å². The molecule has 0 bridgehead atoms. The summed E-state index contributed by atoms with van der Waals surface area (Å²) in [6, 6.07) is 3.40. The summed E-state index contributed by atoms with van der Waals surface area (Å²) in [5, 5.41) is 0. The van der Waals surface area contributed by atoms with E-state index in [1.54, 1.807) is 24.1 Å². The van der Waals surface area contributed by atoms with Gasteiger partial charge in [-0.2, -0.15) is 0 Å². The fourth-order valence-electron chi connectivity index (χ4n) is 1.34. The van der Waals surface area contributed by atoms with E-state index in [0.29, 0.717) is 10.4 Å². The van der Waals surface area contributed by atoms with Crippen LogP contribution in [-0.4, -0.2) is 49.9 Å².